The van der Waals surface area contributed by atoms with Crippen molar-refractivity contribution in [3.05, 3.63) is 54.2 Å². The van der Waals surface area contributed by atoms with Gasteiger partial charge in [-0.05, 0) is 31.0 Å². The van der Waals surface area contributed by atoms with Crippen molar-refractivity contribution in [1.82, 2.24) is 19.5 Å². The number of benzene rings is 1. The minimum absolute atomic E-state index is 0.0498. The van der Waals surface area contributed by atoms with Crippen molar-refractivity contribution in [3.8, 4) is 0 Å². The van der Waals surface area contributed by atoms with E-state index in [1.54, 1.807) is 12.1 Å². The molecule has 0 saturated carbocycles. The second-order valence-electron chi connectivity index (χ2n) is 7.66. The van der Waals surface area contributed by atoms with Crippen LogP contribution in [0.3, 0.4) is 0 Å². The highest BCUT2D eigenvalue weighted by Gasteiger charge is 2.28. The zero-order valence-corrected chi connectivity index (χ0v) is 19.7. The summed E-state index contributed by atoms with van der Waals surface area (Å²) in [5.41, 5.74) is 1.23. The van der Waals surface area contributed by atoms with Crippen LogP contribution < -0.4 is 5.32 Å². The summed E-state index contributed by atoms with van der Waals surface area (Å²) in [6.45, 7) is 7.11. The number of carbonyl (C=O) groups is 1. The molecule has 1 aromatic heterocycles. The van der Waals surface area contributed by atoms with E-state index in [1.165, 1.54) is 27.8 Å². The molecule has 1 aliphatic rings. The summed E-state index contributed by atoms with van der Waals surface area (Å²) in [5.74, 6) is 0.207. The number of aromatic nitrogens is 1. The number of sulfonamides is 1. The highest BCUT2D eigenvalue weighted by Crippen LogP contribution is 2.21. The van der Waals surface area contributed by atoms with E-state index in [0.717, 1.165) is 13.0 Å². The summed E-state index contributed by atoms with van der Waals surface area (Å²) < 4.78 is 27.5. The van der Waals surface area contributed by atoms with Gasteiger partial charge >= 0.3 is 0 Å². The van der Waals surface area contributed by atoms with Gasteiger partial charge in [-0.25, -0.2) is 13.4 Å². The SMILES string of the molecule is CC[C@@H](C)NC(=O)CSc1ccc(S(=O)(=O)N2CCN(Cc3ccccc3)CC2)cn1. The van der Waals surface area contributed by atoms with Crippen molar-refractivity contribution in [2.45, 2.75) is 42.8 Å². The first-order chi connectivity index (χ1) is 14.9. The molecule has 3 rings (SSSR count). The van der Waals surface area contributed by atoms with E-state index < -0.39 is 10.0 Å². The Morgan fingerprint density at radius 3 is 2.45 bits per heavy atom. The first kappa shape index (κ1) is 23.7. The lowest BCUT2D eigenvalue weighted by atomic mass is 10.2. The van der Waals surface area contributed by atoms with Crippen molar-refractivity contribution < 1.29 is 13.2 Å². The Balaban J connectivity index is 1.52. The maximum atomic E-state index is 13.0. The van der Waals surface area contributed by atoms with Gasteiger partial charge in [0.2, 0.25) is 15.9 Å². The van der Waals surface area contributed by atoms with E-state index in [2.05, 4.69) is 27.3 Å². The lowest BCUT2D eigenvalue weighted by Gasteiger charge is -2.33. The molecule has 0 unspecified atom stereocenters. The van der Waals surface area contributed by atoms with E-state index in [-0.39, 0.29) is 22.6 Å². The maximum absolute atomic E-state index is 13.0. The number of rotatable bonds is 9. The average Bonchev–Trinajstić information content (AvgIpc) is 2.79. The van der Waals surface area contributed by atoms with Gasteiger partial charge in [-0.15, -0.1) is 0 Å². The van der Waals surface area contributed by atoms with Crippen molar-refractivity contribution in [1.29, 1.82) is 0 Å². The zero-order valence-electron chi connectivity index (χ0n) is 18.0. The van der Waals surface area contributed by atoms with Gasteiger partial charge in [0.1, 0.15) is 4.90 Å². The Labute approximate surface area is 189 Å². The zero-order chi connectivity index (χ0) is 22.3. The third-order valence-corrected chi connectivity index (χ3v) is 8.12. The number of hydrogen-bond donors (Lipinski definition) is 1. The number of piperazine rings is 1. The lowest BCUT2D eigenvalue weighted by molar-refractivity contribution is -0.119. The predicted molar refractivity (Wildman–Crippen MR) is 123 cm³/mol. The first-order valence-corrected chi connectivity index (χ1v) is 13.0. The molecular formula is C22H30N4O3S2. The highest BCUT2D eigenvalue weighted by atomic mass is 32.2. The first-order valence-electron chi connectivity index (χ1n) is 10.5. The standard InChI is InChI=1S/C22H30N4O3S2/c1-3-18(2)24-21(27)17-30-22-10-9-20(15-23-22)31(28,29)26-13-11-25(12-14-26)16-19-7-5-4-6-8-19/h4-10,15,18H,3,11-14,16-17H2,1-2H3,(H,24,27)/t18-/m1/s1. The Morgan fingerprint density at radius 2 is 1.84 bits per heavy atom. The Kier molecular flexibility index (Phi) is 8.48. The lowest BCUT2D eigenvalue weighted by Crippen LogP contribution is -2.48. The van der Waals surface area contributed by atoms with Gasteiger partial charge in [-0.2, -0.15) is 4.31 Å². The average molecular weight is 463 g/mol. The van der Waals surface area contributed by atoms with Crippen molar-refractivity contribution in [2.24, 2.45) is 0 Å². The van der Waals surface area contributed by atoms with E-state index >= 15 is 0 Å². The summed E-state index contributed by atoms with van der Waals surface area (Å²) in [7, 11) is -3.57. The molecule has 1 atom stereocenters. The van der Waals surface area contributed by atoms with Crippen molar-refractivity contribution >= 4 is 27.7 Å². The van der Waals surface area contributed by atoms with Crippen LogP contribution in [0, 0.1) is 0 Å². The summed E-state index contributed by atoms with van der Waals surface area (Å²) >= 11 is 1.30. The summed E-state index contributed by atoms with van der Waals surface area (Å²) in [6.07, 6.45) is 2.27. The molecule has 1 amide bonds. The second kappa shape index (κ2) is 11.1. The van der Waals surface area contributed by atoms with Crippen LogP contribution in [0.2, 0.25) is 0 Å². The molecule has 2 heterocycles. The summed E-state index contributed by atoms with van der Waals surface area (Å²) in [5, 5.41) is 3.53. The molecule has 31 heavy (non-hydrogen) atoms. The van der Waals surface area contributed by atoms with Crippen LogP contribution in [-0.4, -0.2) is 66.5 Å². The van der Waals surface area contributed by atoms with E-state index in [9.17, 15) is 13.2 Å². The quantitative estimate of drug-likeness (QED) is 0.577. The van der Waals surface area contributed by atoms with Crippen LogP contribution in [-0.2, 0) is 21.4 Å². The summed E-state index contributed by atoms with van der Waals surface area (Å²) in [4.78, 5) is 18.6. The van der Waals surface area contributed by atoms with Crippen LogP contribution in [0.1, 0.15) is 25.8 Å². The van der Waals surface area contributed by atoms with Crippen molar-refractivity contribution in [2.75, 3.05) is 31.9 Å². The van der Waals surface area contributed by atoms with Crippen LogP contribution in [0.5, 0.6) is 0 Å². The third-order valence-electron chi connectivity index (χ3n) is 5.30. The molecular weight excluding hydrogens is 432 g/mol. The predicted octanol–water partition coefficient (Wildman–Crippen LogP) is 2.59. The number of hydrogen-bond acceptors (Lipinski definition) is 6. The number of carbonyl (C=O) groups excluding carboxylic acids is 1. The van der Waals surface area contributed by atoms with Crippen molar-refractivity contribution in [3.63, 3.8) is 0 Å². The Morgan fingerprint density at radius 1 is 1.13 bits per heavy atom. The molecule has 1 aliphatic heterocycles. The van der Waals surface area contributed by atoms with Gasteiger partial charge in [-0.3, -0.25) is 9.69 Å². The molecule has 0 bridgehead atoms. The van der Waals surface area contributed by atoms with Gasteiger partial charge in [-0.1, -0.05) is 49.0 Å². The van der Waals surface area contributed by atoms with Crippen LogP contribution >= 0.6 is 11.8 Å². The minimum atomic E-state index is -3.57. The molecule has 1 aromatic carbocycles. The number of nitrogens with zero attached hydrogens (tertiary/aromatic N) is 3. The molecule has 7 nitrogen and oxygen atoms in total. The third kappa shape index (κ3) is 6.77. The Hall–Kier alpha value is -1.94. The molecule has 1 fully saturated rings. The topological polar surface area (TPSA) is 82.6 Å². The fourth-order valence-corrected chi connectivity index (χ4v) is 5.30. The minimum Gasteiger partial charge on any atom is -0.353 e. The fraction of sp³-hybridized carbons (Fsp3) is 0.455. The molecule has 1 saturated heterocycles. The fourth-order valence-electron chi connectivity index (χ4n) is 3.28. The normalized spacial score (nSPS) is 16.7. The number of nitrogens with one attached hydrogen (secondary N) is 1. The molecule has 0 radical (unpaired) electrons. The molecule has 9 heteroatoms. The van der Waals surface area contributed by atoms with Gasteiger partial charge in [0.15, 0.2) is 0 Å². The van der Waals surface area contributed by atoms with Crippen LogP contribution in [0.25, 0.3) is 0 Å². The molecule has 1 N–H and O–H groups in total. The number of pyridine rings is 1. The van der Waals surface area contributed by atoms with E-state index in [1.807, 2.05) is 32.0 Å². The molecule has 0 spiro atoms. The van der Waals surface area contributed by atoms with Gasteiger partial charge < -0.3 is 5.32 Å². The van der Waals surface area contributed by atoms with Crippen LogP contribution in [0.15, 0.2) is 58.6 Å². The van der Waals surface area contributed by atoms with Crippen LogP contribution in [0.4, 0.5) is 0 Å². The monoisotopic (exact) mass is 462 g/mol. The smallest absolute Gasteiger partial charge is 0.244 e. The number of thioether (sulfide) groups is 1. The largest absolute Gasteiger partial charge is 0.353 e. The summed E-state index contributed by atoms with van der Waals surface area (Å²) in [6, 6.07) is 13.6. The van der Waals surface area contributed by atoms with Gasteiger partial charge in [0.25, 0.3) is 0 Å². The molecule has 2 aromatic rings. The Bertz CT molecular complexity index is 944. The van der Waals surface area contributed by atoms with Gasteiger partial charge in [0.05, 0.1) is 10.8 Å². The molecule has 0 aliphatic carbocycles. The van der Waals surface area contributed by atoms with Gasteiger partial charge in [0, 0.05) is 45.0 Å². The highest BCUT2D eigenvalue weighted by molar-refractivity contribution is 7.99. The molecule has 168 valence electrons. The second-order valence-corrected chi connectivity index (χ2v) is 10.6. The van der Waals surface area contributed by atoms with E-state index in [0.29, 0.717) is 31.2 Å². The number of amides is 1. The van der Waals surface area contributed by atoms with E-state index in [4.69, 9.17) is 0 Å². The maximum Gasteiger partial charge on any atom is 0.244 e.